The first-order chi connectivity index (χ1) is 16.8. The number of hydrogen-bond acceptors (Lipinski definition) is 6. The van der Waals surface area contributed by atoms with Crippen LogP contribution in [0, 0.1) is 0 Å². The summed E-state index contributed by atoms with van der Waals surface area (Å²) in [5.41, 5.74) is 0.814. The summed E-state index contributed by atoms with van der Waals surface area (Å²) >= 11 is 1.53. The van der Waals surface area contributed by atoms with Crippen LogP contribution in [0.25, 0.3) is 10.8 Å². The first-order valence-electron chi connectivity index (χ1n) is 11.7. The number of rotatable bonds is 8. The highest BCUT2D eigenvalue weighted by molar-refractivity contribution is 7.09. The highest BCUT2D eigenvalue weighted by atomic mass is 32.1. The lowest BCUT2D eigenvalue weighted by molar-refractivity contribution is 0.00611. The summed E-state index contributed by atoms with van der Waals surface area (Å²) < 4.78 is 17.9. The predicted molar refractivity (Wildman–Crippen MR) is 140 cm³/mol. The van der Waals surface area contributed by atoms with Crippen molar-refractivity contribution in [2.24, 2.45) is 0 Å². The molecule has 0 saturated heterocycles. The summed E-state index contributed by atoms with van der Waals surface area (Å²) in [6.07, 6.45) is 2.42. The average molecular weight is 490 g/mol. The van der Waals surface area contributed by atoms with Crippen LogP contribution in [-0.2, 0) is 21.7 Å². The summed E-state index contributed by atoms with van der Waals surface area (Å²) in [6, 6.07) is 20.0. The van der Waals surface area contributed by atoms with Crippen molar-refractivity contribution in [2.45, 2.75) is 51.9 Å². The summed E-state index contributed by atoms with van der Waals surface area (Å²) in [5, 5.41) is 5.08. The molecule has 0 bridgehead atoms. The van der Waals surface area contributed by atoms with Crippen molar-refractivity contribution in [3.05, 3.63) is 93.9 Å². The third kappa shape index (κ3) is 5.39. The second-order valence-electron chi connectivity index (χ2n) is 9.40. The monoisotopic (exact) mass is 489 g/mol. The maximum absolute atomic E-state index is 13.3. The van der Waals surface area contributed by atoms with Gasteiger partial charge in [-0.15, -0.1) is 11.3 Å². The Morgan fingerprint density at radius 1 is 1.00 bits per heavy atom. The van der Waals surface area contributed by atoms with E-state index < -0.39 is 17.2 Å². The molecule has 182 valence electrons. The van der Waals surface area contributed by atoms with Crippen LogP contribution in [0.5, 0.6) is 5.75 Å². The number of carbonyl (C=O) groups excluding carboxylic acids is 1. The van der Waals surface area contributed by atoms with E-state index in [9.17, 15) is 4.79 Å². The molecule has 35 heavy (non-hydrogen) atoms. The molecule has 0 radical (unpaired) electrons. The largest absolute Gasteiger partial charge is 0.488 e. The fourth-order valence-corrected chi connectivity index (χ4v) is 5.05. The van der Waals surface area contributed by atoms with Crippen LogP contribution in [0.2, 0.25) is 0 Å². The van der Waals surface area contributed by atoms with Gasteiger partial charge in [-0.1, -0.05) is 49.4 Å². The minimum Gasteiger partial charge on any atom is -0.488 e. The van der Waals surface area contributed by atoms with Crippen LogP contribution in [0.4, 0.5) is 0 Å². The van der Waals surface area contributed by atoms with Crippen molar-refractivity contribution in [2.75, 3.05) is 7.11 Å². The van der Waals surface area contributed by atoms with Gasteiger partial charge in [0.25, 0.3) is 0 Å². The van der Waals surface area contributed by atoms with Crippen LogP contribution in [0.15, 0.2) is 72.2 Å². The third-order valence-electron chi connectivity index (χ3n) is 5.90. The number of carbonyl (C=O) groups is 1. The minimum atomic E-state index is -0.762. The maximum Gasteiger partial charge on any atom is 0.342 e. The van der Waals surface area contributed by atoms with Gasteiger partial charge in [-0.05, 0) is 67.3 Å². The van der Waals surface area contributed by atoms with Gasteiger partial charge >= 0.3 is 5.97 Å². The molecule has 0 aliphatic rings. The van der Waals surface area contributed by atoms with Crippen LogP contribution < -0.4 is 4.74 Å². The Morgan fingerprint density at radius 2 is 1.77 bits per heavy atom. The molecule has 0 aliphatic heterocycles. The summed E-state index contributed by atoms with van der Waals surface area (Å²) in [5.74, 6) is 0.0320. The molecule has 5 nitrogen and oxygen atoms in total. The molecule has 0 saturated carbocycles. The molecule has 1 aromatic heterocycles. The number of aromatic nitrogens is 1. The average Bonchev–Trinajstić information content (AvgIpc) is 3.38. The smallest absolute Gasteiger partial charge is 0.342 e. The lowest BCUT2D eigenvalue weighted by atomic mass is 9.89. The Labute approximate surface area is 210 Å². The molecule has 0 fully saturated rings. The number of methoxy groups -OCH3 is 1. The van der Waals surface area contributed by atoms with Crippen molar-refractivity contribution in [3.8, 4) is 5.75 Å². The van der Waals surface area contributed by atoms with E-state index in [1.807, 2.05) is 69.5 Å². The minimum absolute atomic E-state index is 0.329. The number of thiazole rings is 1. The molecule has 6 heteroatoms. The third-order valence-corrected chi connectivity index (χ3v) is 6.81. The molecule has 0 amide bonds. The second-order valence-corrected chi connectivity index (χ2v) is 10.3. The molecule has 4 rings (SSSR count). The van der Waals surface area contributed by atoms with Crippen LogP contribution in [-0.4, -0.2) is 23.7 Å². The Kier molecular flexibility index (Phi) is 7.24. The normalized spacial score (nSPS) is 13.4. The fourth-order valence-electron chi connectivity index (χ4n) is 4.14. The van der Waals surface area contributed by atoms with Crippen LogP contribution in [0.1, 0.15) is 60.6 Å². The molecule has 0 aliphatic carbocycles. The summed E-state index contributed by atoms with van der Waals surface area (Å²) in [7, 11) is 1.67. The molecule has 1 atom stereocenters. The molecule has 1 heterocycles. The van der Waals surface area contributed by atoms with Gasteiger partial charge in [0, 0.05) is 18.7 Å². The van der Waals surface area contributed by atoms with E-state index >= 15 is 0 Å². The predicted octanol–water partition coefficient (Wildman–Crippen LogP) is 7.13. The zero-order valence-corrected chi connectivity index (χ0v) is 21.6. The van der Waals surface area contributed by atoms with Gasteiger partial charge in [-0.25, -0.2) is 9.78 Å². The first kappa shape index (κ1) is 24.9. The van der Waals surface area contributed by atoms with Crippen LogP contribution in [0.3, 0.4) is 0 Å². The van der Waals surface area contributed by atoms with Crippen LogP contribution >= 0.6 is 11.3 Å². The number of esters is 1. The van der Waals surface area contributed by atoms with Gasteiger partial charge < -0.3 is 14.2 Å². The Hall–Kier alpha value is -3.22. The Morgan fingerprint density at radius 3 is 2.43 bits per heavy atom. The summed E-state index contributed by atoms with van der Waals surface area (Å²) in [4.78, 5) is 17.8. The fraction of sp³-hybridized carbons (Fsp3) is 0.310. The van der Waals surface area contributed by atoms with Crippen molar-refractivity contribution < 1.29 is 19.0 Å². The first-order valence-corrected chi connectivity index (χ1v) is 12.6. The van der Waals surface area contributed by atoms with E-state index in [-0.39, 0.29) is 0 Å². The van der Waals surface area contributed by atoms with Crippen molar-refractivity contribution >= 4 is 28.1 Å². The molecule has 0 N–H and O–H groups in total. The Bertz CT molecular complexity index is 1300. The number of fused-ring (bicyclic) bond motifs is 1. The number of hydrogen-bond donors (Lipinski definition) is 0. The highest BCUT2D eigenvalue weighted by Crippen LogP contribution is 2.39. The molecular weight excluding hydrogens is 458 g/mol. The number of nitrogens with zero attached hydrogens (tertiary/aromatic N) is 1. The SMILES string of the molecule is CCC(OC)(c1ccc(OCc2ccc3ccccc3c2)c(C(=O)OC(C)(C)C)c1)c1nccs1. The number of ether oxygens (including phenoxy) is 3. The van der Waals surface area contributed by atoms with Gasteiger partial charge in [-0.3, -0.25) is 0 Å². The quantitative estimate of drug-likeness (QED) is 0.246. The topological polar surface area (TPSA) is 57.7 Å². The van der Waals surface area contributed by atoms with Crippen molar-refractivity contribution in [1.82, 2.24) is 4.98 Å². The van der Waals surface area contributed by atoms with Gasteiger partial charge in [0.2, 0.25) is 0 Å². The van der Waals surface area contributed by atoms with Gasteiger partial charge in [-0.2, -0.15) is 0 Å². The molecule has 1 unspecified atom stereocenters. The van der Waals surface area contributed by atoms with E-state index in [2.05, 4.69) is 29.2 Å². The van der Waals surface area contributed by atoms with Crippen molar-refractivity contribution in [1.29, 1.82) is 0 Å². The zero-order valence-electron chi connectivity index (χ0n) is 20.8. The van der Waals surface area contributed by atoms with Gasteiger partial charge in [0.1, 0.15) is 34.1 Å². The lowest BCUT2D eigenvalue weighted by Crippen LogP contribution is -2.30. The van der Waals surface area contributed by atoms with Gasteiger partial charge in [0.15, 0.2) is 0 Å². The van der Waals surface area contributed by atoms with E-state index in [1.54, 1.807) is 13.3 Å². The standard InChI is InChI=1S/C29H31NO4S/c1-6-29(32-5,27-30-15-16-35-27)23-13-14-25(24(18-23)26(31)34-28(2,3)4)33-19-20-11-12-21-9-7-8-10-22(21)17-20/h7-18H,6,19H2,1-5H3. The summed E-state index contributed by atoms with van der Waals surface area (Å²) in [6.45, 7) is 7.93. The molecule has 0 spiro atoms. The lowest BCUT2D eigenvalue weighted by Gasteiger charge is -2.30. The molecule has 3 aromatic carbocycles. The van der Waals surface area contributed by atoms with E-state index in [0.717, 1.165) is 21.5 Å². The van der Waals surface area contributed by atoms with E-state index in [1.165, 1.54) is 16.7 Å². The highest BCUT2D eigenvalue weighted by Gasteiger charge is 2.36. The number of benzene rings is 3. The Balaban J connectivity index is 1.70. The van der Waals surface area contributed by atoms with E-state index in [0.29, 0.717) is 24.3 Å². The second kappa shape index (κ2) is 10.2. The van der Waals surface area contributed by atoms with E-state index in [4.69, 9.17) is 14.2 Å². The molecular formula is C29H31NO4S. The maximum atomic E-state index is 13.3. The molecule has 4 aromatic rings. The van der Waals surface area contributed by atoms with Gasteiger partial charge in [0.05, 0.1) is 0 Å². The zero-order chi connectivity index (χ0) is 25.1. The van der Waals surface area contributed by atoms with Crippen molar-refractivity contribution in [3.63, 3.8) is 0 Å².